The number of aromatic nitrogens is 4. The van der Waals surface area contributed by atoms with E-state index >= 15 is 0 Å². The van der Waals surface area contributed by atoms with E-state index in [1.165, 1.54) is 11.3 Å². The summed E-state index contributed by atoms with van der Waals surface area (Å²) >= 11 is 7.59. The fourth-order valence-electron chi connectivity index (χ4n) is 2.39. The van der Waals surface area contributed by atoms with Gasteiger partial charge in [-0.3, -0.25) is 4.98 Å². The van der Waals surface area contributed by atoms with Crippen LogP contribution in [0.25, 0.3) is 10.6 Å². The minimum atomic E-state index is -1.03. The first kappa shape index (κ1) is 18.7. The van der Waals surface area contributed by atoms with Gasteiger partial charge in [0.1, 0.15) is 11.2 Å². The largest absolute Gasteiger partial charge is 0.374 e. The zero-order chi connectivity index (χ0) is 18.7. The zero-order valence-corrected chi connectivity index (χ0v) is 15.9. The third kappa shape index (κ3) is 4.16. The van der Waals surface area contributed by atoms with E-state index in [2.05, 4.69) is 39.1 Å². The van der Waals surface area contributed by atoms with Crippen molar-refractivity contribution in [2.45, 2.75) is 26.1 Å². The van der Waals surface area contributed by atoms with Crippen molar-refractivity contribution in [2.24, 2.45) is 11.7 Å². The van der Waals surface area contributed by atoms with Gasteiger partial charge < -0.3 is 16.2 Å². The van der Waals surface area contributed by atoms with E-state index in [1.54, 1.807) is 30.9 Å². The van der Waals surface area contributed by atoms with Gasteiger partial charge in [0, 0.05) is 30.4 Å². The van der Waals surface area contributed by atoms with Crippen LogP contribution in [0.4, 0.5) is 5.95 Å². The van der Waals surface area contributed by atoms with E-state index in [4.69, 9.17) is 17.3 Å². The predicted octanol–water partition coefficient (Wildman–Crippen LogP) is 3.41. The molecule has 0 saturated heterocycles. The average molecular weight is 391 g/mol. The van der Waals surface area contributed by atoms with Crippen molar-refractivity contribution in [2.75, 3.05) is 5.32 Å². The van der Waals surface area contributed by atoms with Crippen LogP contribution >= 0.6 is 22.9 Å². The Bertz CT molecular complexity index is 868. The highest BCUT2D eigenvalue weighted by Crippen LogP contribution is 2.30. The molecule has 0 aliphatic heterocycles. The summed E-state index contributed by atoms with van der Waals surface area (Å²) in [6.07, 6.45) is 5.59. The average Bonchev–Trinajstić information content (AvgIpc) is 3.11. The minimum Gasteiger partial charge on any atom is -0.374 e. The van der Waals surface area contributed by atoms with Crippen molar-refractivity contribution in [3.63, 3.8) is 0 Å². The van der Waals surface area contributed by atoms with Crippen LogP contribution in [0.2, 0.25) is 5.02 Å². The summed E-state index contributed by atoms with van der Waals surface area (Å²) in [5.41, 5.74) is 6.96. The maximum Gasteiger partial charge on any atom is 0.223 e. The molecular formula is C17H19ClN6OS. The van der Waals surface area contributed by atoms with Crippen LogP contribution in [-0.4, -0.2) is 25.0 Å². The Morgan fingerprint density at radius 2 is 1.88 bits per heavy atom. The SMILES string of the molecule is CC(C)[C@H](Nc1ncc(-c2ncc(C(N)O)s2)cn1)c1ncccc1Cl. The summed E-state index contributed by atoms with van der Waals surface area (Å²) in [7, 11) is 0. The molecule has 0 amide bonds. The summed E-state index contributed by atoms with van der Waals surface area (Å²) in [5.74, 6) is 0.711. The van der Waals surface area contributed by atoms with Gasteiger partial charge in [0.2, 0.25) is 5.95 Å². The number of nitrogens with zero attached hydrogens (tertiary/aromatic N) is 4. The zero-order valence-electron chi connectivity index (χ0n) is 14.3. The molecule has 3 rings (SSSR count). The van der Waals surface area contributed by atoms with Gasteiger partial charge in [-0.2, -0.15) is 0 Å². The number of aliphatic hydroxyl groups is 1. The molecule has 3 aromatic heterocycles. The molecule has 0 saturated carbocycles. The molecule has 0 aromatic carbocycles. The van der Waals surface area contributed by atoms with Crippen LogP contribution in [0.15, 0.2) is 36.9 Å². The molecule has 136 valence electrons. The first-order chi connectivity index (χ1) is 12.5. The summed E-state index contributed by atoms with van der Waals surface area (Å²) in [5, 5.41) is 14.0. The lowest BCUT2D eigenvalue weighted by Gasteiger charge is -2.22. The van der Waals surface area contributed by atoms with E-state index < -0.39 is 6.23 Å². The van der Waals surface area contributed by atoms with E-state index in [0.717, 1.165) is 11.3 Å². The molecule has 3 heterocycles. The lowest BCUT2D eigenvalue weighted by Crippen LogP contribution is -2.19. The third-order valence-corrected chi connectivity index (χ3v) is 5.18. The second-order valence-electron chi connectivity index (χ2n) is 6.04. The maximum absolute atomic E-state index is 9.40. The number of pyridine rings is 1. The second kappa shape index (κ2) is 8.05. The van der Waals surface area contributed by atoms with E-state index in [9.17, 15) is 5.11 Å². The molecule has 26 heavy (non-hydrogen) atoms. The number of anilines is 1. The normalized spacial score (nSPS) is 13.6. The quantitative estimate of drug-likeness (QED) is 0.553. The van der Waals surface area contributed by atoms with Gasteiger partial charge in [0.15, 0.2) is 0 Å². The van der Waals surface area contributed by atoms with Crippen molar-refractivity contribution in [3.05, 3.63) is 52.5 Å². The van der Waals surface area contributed by atoms with Crippen molar-refractivity contribution < 1.29 is 5.11 Å². The number of aliphatic hydroxyl groups excluding tert-OH is 1. The number of nitrogens with one attached hydrogen (secondary N) is 1. The summed E-state index contributed by atoms with van der Waals surface area (Å²) in [6.45, 7) is 4.15. The van der Waals surface area contributed by atoms with Crippen LogP contribution in [0.3, 0.4) is 0 Å². The van der Waals surface area contributed by atoms with Crippen LogP contribution in [0.5, 0.6) is 0 Å². The van der Waals surface area contributed by atoms with E-state index in [1.807, 2.05) is 6.07 Å². The molecular weight excluding hydrogens is 372 g/mol. The lowest BCUT2D eigenvalue weighted by atomic mass is 10.0. The van der Waals surface area contributed by atoms with Crippen LogP contribution in [0, 0.1) is 5.92 Å². The second-order valence-corrected chi connectivity index (χ2v) is 7.51. The topological polar surface area (TPSA) is 110 Å². The molecule has 0 spiro atoms. The van der Waals surface area contributed by atoms with Crippen molar-refractivity contribution in [1.29, 1.82) is 0 Å². The molecule has 4 N–H and O–H groups in total. The fraction of sp³-hybridized carbons (Fsp3) is 0.294. The van der Waals surface area contributed by atoms with Crippen LogP contribution in [0.1, 0.15) is 36.7 Å². The lowest BCUT2D eigenvalue weighted by molar-refractivity contribution is 0.190. The minimum absolute atomic E-state index is 0.117. The highest BCUT2D eigenvalue weighted by atomic mass is 35.5. The highest BCUT2D eigenvalue weighted by Gasteiger charge is 2.21. The molecule has 0 radical (unpaired) electrons. The summed E-state index contributed by atoms with van der Waals surface area (Å²) in [6, 6.07) is 3.50. The Morgan fingerprint density at radius 1 is 1.15 bits per heavy atom. The molecule has 0 bridgehead atoms. The third-order valence-electron chi connectivity index (χ3n) is 3.75. The fourth-order valence-corrected chi connectivity index (χ4v) is 3.40. The predicted molar refractivity (Wildman–Crippen MR) is 103 cm³/mol. The monoisotopic (exact) mass is 390 g/mol. The van der Waals surface area contributed by atoms with Gasteiger partial charge in [-0.05, 0) is 18.1 Å². The Hall–Kier alpha value is -2.13. The standard InChI is InChI=1S/C17H19ClN6OS/c1-9(2)13(14-11(18)4-3-5-20-14)24-17-22-6-10(7-23-17)16-21-8-12(26-16)15(19)25/h3-9,13,15,25H,19H2,1-2H3,(H,22,23,24)/t13-,15?/m0/s1. The van der Waals surface area contributed by atoms with Crippen molar-refractivity contribution >= 4 is 28.9 Å². The first-order valence-corrected chi connectivity index (χ1v) is 9.24. The van der Waals surface area contributed by atoms with Gasteiger partial charge in [-0.25, -0.2) is 15.0 Å². The smallest absolute Gasteiger partial charge is 0.223 e. The highest BCUT2D eigenvalue weighted by molar-refractivity contribution is 7.15. The number of hydrogen-bond acceptors (Lipinski definition) is 8. The Kier molecular flexibility index (Phi) is 5.77. The Morgan fingerprint density at radius 3 is 2.46 bits per heavy atom. The Labute approximate surface area is 160 Å². The van der Waals surface area contributed by atoms with Crippen LogP contribution < -0.4 is 11.1 Å². The molecule has 1 unspecified atom stereocenters. The van der Waals surface area contributed by atoms with Crippen LogP contribution in [-0.2, 0) is 0 Å². The van der Waals surface area contributed by atoms with Crippen molar-refractivity contribution in [1.82, 2.24) is 19.9 Å². The van der Waals surface area contributed by atoms with Gasteiger partial charge >= 0.3 is 0 Å². The van der Waals surface area contributed by atoms with Gasteiger partial charge in [-0.15, -0.1) is 11.3 Å². The van der Waals surface area contributed by atoms with Gasteiger partial charge in [0.05, 0.1) is 21.6 Å². The number of rotatable bonds is 6. The Balaban J connectivity index is 1.80. The van der Waals surface area contributed by atoms with Crippen molar-refractivity contribution in [3.8, 4) is 10.6 Å². The first-order valence-electron chi connectivity index (χ1n) is 8.04. The molecule has 7 nitrogen and oxygen atoms in total. The van der Waals surface area contributed by atoms with E-state index in [0.29, 0.717) is 20.9 Å². The number of halogens is 1. The van der Waals surface area contributed by atoms with Gasteiger partial charge in [-0.1, -0.05) is 25.4 Å². The molecule has 0 aliphatic rings. The summed E-state index contributed by atoms with van der Waals surface area (Å²) in [4.78, 5) is 17.9. The molecule has 9 heteroatoms. The maximum atomic E-state index is 9.40. The summed E-state index contributed by atoms with van der Waals surface area (Å²) < 4.78 is 0. The van der Waals surface area contributed by atoms with Gasteiger partial charge in [0.25, 0.3) is 0 Å². The molecule has 2 atom stereocenters. The molecule has 0 fully saturated rings. The molecule has 0 aliphatic carbocycles. The number of nitrogens with two attached hydrogens (primary N) is 1. The number of hydrogen-bond donors (Lipinski definition) is 3. The van der Waals surface area contributed by atoms with E-state index in [-0.39, 0.29) is 12.0 Å². The number of thiazole rings is 1. The molecule has 3 aromatic rings.